The van der Waals surface area contributed by atoms with Crippen molar-refractivity contribution in [1.29, 1.82) is 0 Å². The average molecular weight is 417 g/mol. The lowest BCUT2D eigenvalue weighted by Crippen LogP contribution is -2.32. The van der Waals surface area contributed by atoms with Gasteiger partial charge in [0.2, 0.25) is 15.9 Å². The van der Waals surface area contributed by atoms with Gasteiger partial charge in [0.1, 0.15) is 0 Å². The minimum Gasteiger partial charge on any atom is -0.349 e. The van der Waals surface area contributed by atoms with Gasteiger partial charge in [0.25, 0.3) is 0 Å². The first-order chi connectivity index (χ1) is 13.3. The van der Waals surface area contributed by atoms with E-state index in [1.165, 1.54) is 5.56 Å². The van der Waals surface area contributed by atoms with Crippen molar-refractivity contribution in [3.8, 4) is 0 Å². The maximum absolute atomic E-state index is 12.6. The number of hydrogen-bond donors (Lipinski definition) is 2. The SMILES string of the molecule is CC(Cc1ccc(C(C)(C)C)cc1)C(=O)N[C@H](C)c1ccc(NS(C)(=O)=O)cc1. The van der Waals surface area contributed by atoms with Crippen LogP contribution in [0.15, 0.2) is 48.5 Å². The molecule has 2 N–H and O–H groups in total. The average Bonchev–Trinajstić information content (AvgIpc) is 2.60. The Bertz CT molecular complexity index is 928. The molecule has 0 bridgehead atoms. The number of amides is 1. The molecule has 2 atom stereocenters. The second-order valence-corrected chi connectivity index (χ2v) is 10.5. The van der Waals surface area contributed by atoms with E-state index in [4.69, 9.17) is 0 Å². The lowest BCUT2D eigenvalue weighted by molar-refractivity contribution is -0.125. The Kier molecular flexibility index (Phi) is 7.11. The van der Waals surface area contributed by atoms with Crippen molar-refractivity contribution < 1.29 is 13.2 Å². The fraction of sp³-hybridized carbons (Fsp3) is 0.435. The van der Waals surface area contributed by atoms with E-state index in [0.29, 0.717) is 12.1 Å². The van der Waals surface area contributed by atoms with Gasteiger partial charge >= 0.3 is 0 Å². The van der Waals surface area contributed by atoms with Crippen molar-refractivity contribution in [2.24, 2.45) is 5.92 Å². The van der Waals surface area contributed by atoms with Crippen LogP contribution in [0.5, 0.6) is 0 Å². The quantitative estimate of drug-likeness (QED) is 0.702. The molecule has 2 rings (SSSR count). The Labute approximate surface area is 175 Å². The molecule has 0 radical (unpaired) electrons. The maximum Gasteiger partial charge on any atom is 0.229 e. The van der Waals surface area contributed by atoms with Gasteiger partial charge in [-0.2, -0.15) is 0 Å². The second-order valence-electron chi connectivity index (χ2n) is 8.78. The topological polar surface area (TPSA) is 75.3 Å². The maximum atomic E-state index is 12.6. The number of benzene rings is 2. The summed E-state index contributed by atoms with van der Waals surface area (Å²) in [6.07, 6.45) is 1.79. The second kappa shape index (κ2) is 8.99. The molecule has 0 fully saturated rings. The van der Waals surface area contributed by atoms with E-state index < -0.39 is 10.0 Å². The van der Waals surface area contributed by atoms with Crippen molar-refractivity contribution in [3.63, 3.8) is 0 Å². The van der Waals surface area contributed by atoms with Crippen molar-refractivity contribution in [1.82, 2.24) is 5.32 Å². The first-order valence-corrected chi connectivity index (χ1v) is 11.7. The normalized spacial score (nSPS) is 14.1. The summed E-state index contributed by atoms with van der Waals surface area (Å²) in [6, 6.07) is 15.3. The standard InChI is InChI=1S/C23H32N2O3S/c1-16(15-18-7-11-20(12-8-18)23(3,4)5)22(26)24-17(2)19-9-13-21(14-10-19)25-29(6,27)28/h7-14,16-17,25H,15H2,1-6H3,(H,24,26)/t16?,17-/m1/s1. The molecule has 2 aromatic rings. The van der Waals surface area contributed by atoms with Crippen LogP contribution in [0.25, 0.3) is 0 Å². The van der Waals surface area contributed by atoms with Crippen molar-refractivity contribution in [3.05, 3.63) is 65.2 Å². The highest BCUT2D eigenvalue weighted by molar-refractivity contribution is 7.92. The summed E-state index contributed by atoms with van der Waals surface area (Å²) in [5, 5.41) is 3.04. The molecule has 0 heterocycles. The minimum atomic E-state index is -3.30. The Morgan fingerprint density at radius 3 is 2.00 bits per heavy atom. The summed E-state index contributed by atoms with van der Waals surface area (Å²) in [6.45, 7) is 10.4. The molecule has 0 saturated heterocycles. The number of carbonyl (C=O) groups is 1. The van der Waals surface area contributed by atoms with Crippen LogP contribution in [0.1, 0.15) is 57.4 Å². The molecule has 6 heteroatoms. The third kappa shape index (κ3) is 7.20. The van der Waals surface area contributed by atoms with E-state index >= 15 is 0 Å². The zero-order valence-corrected chi connectivity index (χ0v) is 18.9. The highest BCUT2D eigenvalue weighted by Gasteiger charge is 2.18. The van der Waals surface area contributed by atoms with Crippen LogP contribution in [0, 0.1) is 5.92 Å². The molecule has 158 valence electrons. The van der Waals surface area contributed by atoms with Crippen LogP contribution in [0.3, 0.4) is 0 Å². The largest absolute Gasteiger partial charge is 0.349 e. The minimum absolute atomic E-state index is 0.00395. The molecule has 0 aliphatic heterocycles. The lowest BCUT2D eigenvalue weighted by atomic mass is 9.86. The highest BCUT2D eigenvalue weighted by atomic mass is 32.2. The van der Waals surface area contributed by atoms with E-state index in [1.807, 2.05) is 26.0 Å². The van der Waals surface area contributed by atoms with Crippen LogP contribution < -0.4 is 10.0 Å². The Balaban J connectivity index is 1.94. The number of rotatable bonds is 7. The van der Waals surface area contributed by atoms with Gasteiger partial charge in [-0.3, -0.25) is 9.52 Å². The molecule has 29 heavy (non-hydrogen) atoms. The predicted molar refractivity (Wildman–Crippen MR) is 119 cm³/mol. The van der Waals surface area contributed by atoms with Gasteiger partial charge in [0.15, 0.2) is 0 Å². The lowest BCUT2D eigenvalue weighted by Gasteiger charge is -2.20. The van der Waals surface area contributed by atoms with E-state index in [9.17, 15) is 13.2 Å². The molecule has 0 saturated carbocycles. The summed E-state index contributed by atoms with van der Waals surface area (Å²) in [7, 11) is -3.30. The van der Waals surface area contributed by atoms with E-state index in [1.54, 1.807) is 12.1 Å². The van der Waals surface area contributed by atoms with Crippen molar-refractivity contribution >= 4 is 21.6 Å². The van der Waals surface area contributed by atoms with Gasteiger partial charge in [0.05, 0.1) is 12.3 Å². The van der Waals surface area contributed by atoms with Crippen LogP contribution >= 0.6 is 0 Å². The Morgan fingerprint density at radius 1 is 0.966 bits per heavy atom. The first kappa shape index (κ1) is 22.9. The fourth-order valence-corrected chi connectivity index (χ4v) is 3.64. The van der Waals surface area contributed by atoms with Crippen LogP contribution in [-0.2, 0) is 26.7 Å². The number of hydrogen-bond acceptors (Lipinski definition) is 3. The summed E-state index contributed by atoms with van der Waals surface area (Å²) >= 11 is 0. The van der Waals surface area contributed by atoms with Crippen LogP contribution in [-0.4, -0.2) is 20.6 Å². The summed E-state index contributed by atoms with van der Waals surface area (Å²) in [5.74, 6) is -0.153. The fourth-order valence-electron chi connectivity index (χ4n) is 3.08. The Hall–Kier alpha value is -2.34. The summed E-state index contributed by atoms with van der Waals surface area (Å²) in [4.78, 5) is 12.6. The zero-order chi connectivity index (χ0) is 21.8. The van der Waals surface area contributed by atoms with Crippen LogP contribution in [0.2, 0.25) is 0 Å². The predicted octanol–water partition coefficient (Wildman–Crippen LogP) is 4.41. The van der Waals surface area contributed by atoms with E-state index in [0.717, 1.165) is 17.4 Å². The summed E-state index contributed by atoms with van der Waals surface area (Å²) < 4.78 is 25.0. The number of nitrogens with one attached hydrogen (secondary N) is 2. The number of sulfonamides is 1. The van der Waals surface area contributed by atoms with Crippen LogP contribution in [0.4, 0.5) is 5.69 Å². The van der Waals surface area contributed by atoms with Crippen molar-refractivity contribution in [2.45, 2.75) is 52.5 Å². The molecular formula is C23H32N2O3S. The number of anilines is 1. The smallest absolute Gasteiger partial charge is 0.229 e. The molecule has 1 unspecified atom stereocenters. The van der Waals surface area contributed by atoms with Gasteiger partial charge in [-0.1, -0.05) is 64.1 Å². The number of carbonyl (C=O) groups excluding carboxylic acids is 1. The molecule has 2 aromatic carbocycles. The third-order valence-corrected chi connectivity index (χ3v) is 5.49. The summed E-state index contributed by atoms with van der Waals surface area (Å²) in [5.41, 5.74) is 3.95. The molecular weight excluding hydrogens is 384 g/mol. The molecule has 0 aromatic heterocycles. The molecule has 0 spiro atoms. The van der Waals surface area contributed by atoms with Gasteiger partial charge in [-0.25, -0.2) is 8.42 Å². The zero-order valence-electron chi connectivity index (χ0n) is 18.1. The molecule has 0 aliphatic carbocycles. The van der Waals surface area contributed by atoms with Gasteiger partial charge < -0.3 is 5.32 Å². The van der Waals surface area contributed by atoms with Gasteiger partial charge in [-0.15, -0.1) is 0 Å². The monoisotopic (exact) mass is 416 g/mol. The first-order valence-electron chi connectivity index (χ1n) is 9.83. The van der Waals surface area contributed by atoms with E-state index in [-0.39, 0.29) is 23.3 Å². The van der Waals surface area contributed by atoms with Crippen molar-refractivity contribution in [2.75, 3.05) is 11.0 Å². The van der Waals surface area contributed by atoms with E-state index in [2.05, 4.69) is 55.1 Å². The van der Waals surface area contributed by atoms with Gasteiger partial charge in [0, 0.05) is 11.6 Å². The van der Waals surface area contributed by atoms with Gasteiger partial charge in [-0.05, 0) is 47.6 Å². The molecule has 1 amide bonds. The highest BCUT2D eigenvalue weighted by Crippen LogP contribution is 2.23. The molecule has 0 aliphatic rings. The third-order valence-electron chi connectivity index (χ3n) is 4.88. The Morgan fingerprint density at radius 2 is 1.52 bits per heavy atom. The molecule has 5 nitrogen and oxygen atoms in total.